The van der Waals surface area contributed by atoms with Crippen LogP contribution in [0.15, 0.2) is 24.4 Å². The summed E-state index contributed by atoms with van der Waals surface area (Å²) < 4.78 is 27.0. The van der Waals surface area contributed by atoms with Crippen molar-refractivity contribution >= 4 is 34.6 Å². The van der Waals surface area contributed by atoms with Gasteiger partial charge < -0.3 is 10.6 Å². The first-order valence-corrected chi connectivity index (χ1v) is 7.56. The van der Waals surface area contributed by atoms with Gasteiger partial charge >= 0.3 is 0 Å². The normalized spacial score (nSPS) is 15.6. The molecule has 0 atom stereocenters. The number of aromatic nitrogens is 1. The summed E-state index contributed by atoms with van der Waals surface area (Å²) >= 11 is 1.48. The molecule has 1 saturated heterocycles. The number of hydrogen-bond acceptors (Lipinski definition) is 5. The van der Waals surface area contributed by atoms with Gasteiger partial charge in [0, 0.05) is 49.9 Å². The zero-order valence-corrected chi connectivity index (χ0v) is 13.5. The Morgan fingerprint density at radius 2 is 1.91 bits per heavy atom. The van der Waals surface area contributed by atoms with Gasteiger partial charge in [-0.3, -0.25) is 4.90 Å². The summed E-state index contributed by atoms with van der Waals surface area (Å²) in [6.45, 7) is 3.75. The molecule has 4 nitrogen and oxygen atoms in total. The van der Waals surface area contributed by atoms with Crippen LogP contribution in [0.2, 0.25) is 0 Å². The van der Waals surface area contributed by atoms with Crippen molar-refractivity contribution in [3.05, 3.63) is 40.9 Å². The van der Waals surface area contributed by atoms with Crippen molar-refractivity contribution in [1.82, 2.24) is 9.88 Å². The zero-order chi connectivity index (χ0) is 14.8. The summed E-state index contributed by atoms with van der Waals surface area (Å²) in [6, 6.07) is 3.58. The molecule has 1 aromatic heterocycles. The maximum Gasteiger partial charge on any atom is 0.180 e. The first kappa shape index (κ1) is 16.9. The minimum atomic E-state index is -0.408. The van der Waals surface area contributed by atoms with E-state index in [-0.39, 0.29) is 18.2 Å². The van der Waals surface area contributed by atoms with Crippen LogP contribution in [0.25, 0.3) is 0 Å². The average Bonchev–Trinajstić information content (AvgIpc) is 2.88. The van der Waals surface area contributed by atoms with Crippen LogP contribution in [-0.2, 0) is 6.54 Å². The van der Waals surface area contributed by atoms with Crippen molar-refractivity contribution in [3.63, 3.8) is 0 Å². The van der Waals surface area contributed by atoms with E-state index >= 15 is 0 Å². The number of nitrogen functional groups attached to an aromatic ring is 1. The highest BCUT2D eigenvalue weighted by atomic mass is 35.5. The molecule has 8 heteroatoms. The number of anilines is 2. The van der Waals surface area contributed by atoms with Gasteiger partial charge in [-0.25, -0.2) is 13.8 Å². The minimum absolute atomic E-state index is 0. The second-order valence-electron chi connectivity index (χ2n) is 5.02. The molecule has 120 valence electrons. The molecule has 1 aliphatic heterocycles. The molecule has 0 saturated carbocycles. The highest BCUT2D eigenvalue weighted by Crippen LogP contribution is 2.23. The van der Waals surface area contributed by atoms with E-state index in [9.17, 15) is 8.78 Å². The Bertz CT molecular complexity index is 629. The molecule has 2 N–H and O–H groups in total. The van der Waals surface area contributed by atoms with Crippen molar-refractivity contribution < 1.29 is 8.78 Å². The van der Waals surface area contributed by atoms with Gasteiger partial charge in [0.2, 0.25) is 0 Å². The molecule has 0 amide bonds. The van der Waals surface area contributed by atoms with Crippen molar-refractivity contribution in [3.8, 4) is 0 Å². The SMILES string of the molecule is Cl.Nc1ncc(CN2CCN(c3cc(F)ccc3F)CC2)s1. The molecular formula is C14H17ClF2N4S. The average molecular weight is 347 g/mol. The van der Waals surface area contributed by atoms with E-state index in [1.54, 1.807) is 6.20 Å². The first-order valence-electron chi connectivity index (χ1n) is 6.74. The molecule has 1 aliphatic rings. The Balaban J connectivity index is 0.00000176. The third-order valence-electron chi connectivity index (χ3n) is 3.57. The summed E-state index contributed by atoms with van der Waals surface area (Å²) in [7, 11) is 0. The first-order chi connectivity index (χ1) is 10.1. The summed E-state index contributed by atoms with van der Waals surface area (Å²) in [5, 5.41) is 0.575. The lowest BCUT2D eigenvalue weighted by Crippen LogP contribution is -2.46. The molecule has 22 heavy (non-hydrogen) atoms. The molecule has 0 aliphatic carbocycles. The lowest BCUT2D eigenvalue weighted by Gasteiger charge is -2.35. The van der Waals surface area contributed by atoms with E-state index in [2.05, 4.69) is 9.88 Å². The third-order valence-corrected chi connectivity index (χ3v) is 4.38. The van der Waals surface area contributed by atoms with E-state index in [0.29, 0.717) is 23.9 Å². The largest absolute Gasteiger partial charge is 0.375 e. The predicted octanol–water partition coefficient (Wildman–Crippen LogP) is 2.75. The Kier molecular flexibility index (Phi) is 5.55. The molecular weight excluding hydrogens is 330 g/mol. The van der Waals surface area contributed by atoms with E-state index in [1.165, 1.54) is 23.5 Å². The number of hydrogen-bond donors (Lipinski definition) is 1. The zero-order valence-electron chi connectivity index (χ0n) is 11.8. The standard InChI is InChI=1S/C14H16F2N4S.ClH/c15-10-1-2-12(16)13(7-10)20-5-3-19(4-6-20)9-11-8-18-14(17)21-11;/h1-2,7-8H,3-6,9H2,(H2,17,18);1H. The molecule has 0 unspecified atom stereocenters. The van der Waals surface area contributed by atoms with Crippen LogP contribution in [0.3, 0.4) is 0 Å². The van der Waals surface area contributed by atoms with Gasteiger partial charge in [-0.1, -0.05) is 0 Å². The lowest BCUT2D eigenvalue weighted by molar-refractivity contribution is 0.251. The van der Waals surface area contributed by atoms with E-state index in [0.717, 1.165) is 30.6 Å². The fraction of sp³-hybridized carbons (Fsp3) is 0.357. The molecule has 2 heterocycles. The van der Waals surface area contributed by atoms with Gasteiger partial charge in [0.15, 0.2) is 5.13 Å². The highest BCUT2D eigenvalue weighted by Gasteiger charge is 2.20. The Morgan fingerprint density at radius 3 is 2.55 bits per heavy atom. The van der Waals surface area contributed by atoms with Crippen LogP contribution in [0.4, 0.5) is 19.6 Å². The van der Waals surface area contributed by atoms with Gasteiger partial charge in [-0.05, 0) is 12.1 Å². The lowest BCUT2D eigenvalue weighted by atomic mass is 10.2. The van der Waals surface area contributed by atoms with Crippen LogP contribution >= 0.6 is 23.7 Å². The fourth-order valence-electron chi connectivity index (χ4n) is 2.49. The van der Waals surface area contributed by atoms with Crippen molar-refractivity contribution in [1.29, 1.82) is 0 Å². The van der Waals surface area contributed by atoms with Gasteiger partial charge in [0.1, 0.15) is 11.6 Å². The second kappa shape index (κ2) is 7.21. The predicted molar refractivity (Wildman–Crippen MR) is 87.6 cm³/mol. The van der Waals surface area contributed by atoms with Crippen molar-refractivity contribution in [2.24, 2.45) is 0 Å². The summed E-state index contributed by atoms with van der Waals surface area (Å²) in [5.74, 6) is -0.783. The second-order valence-corrected chi connectivity index (χ2v) is 6.17. The highest BCUT2D eigenvalue weighted by molar-refractivity contribution is 7.15. The van der Waals surface area contributed by atoms with Gasteiger partial charge in [-0.15, -0.1) is 23.7 Å². The number of benzene rings is 1. The van der Waals surface area contributed by atoms with Crippen molar-refractivity contribution in [2.75, 3.05) is 36.8 Å². The molecule has 0 spiro atoms. The molecule has 0 radical (unpaired) electrons. The van der Waals surface area contributed by atoms with Crippen LogP contribution in [-0.4, -0.2) is 36.1 Å². The maximum absolute atomic E-state index is 13.8. The van der Waals surface area contributed by atoms with Crippen molar-refractivity contribution in [2.45, 2.75) is 6.54 Å². The van der Waals surface area contributed by atoms with Crippen LogP contribution in [0.1, 0.15) is 4.88 Å². The number of rotatable bonds is 3. The number of nitrogens with zero attached hydrogens (tertiary/aromatic N) is 3. The maximum atomic E-state index is 13.8. The summed E-state index contributed by atoms with van der Waals surface area (Å²) in [6.07, 6.45) is 1.79. The number of thiazole rings is 1. The third kappa shape index (κ3) is 3.85. The van der Waals surface area contributed by atoms with Crippen LogP contribution in [0.5, 0.6) is 0 Å². The molecule has 0 bridgehead atoms. The van der Waals surface area contributed by atoms with E-state index in [1.807, 2.05) is 4.90 Å². The molecule has 1 fully saturated rings. The van der Waals surface area contributed by atoms with Gasteiger partial charge in [0.05, 0.1) is 5.69 Å². The van der Waals surface area contributed by atoms with Crippen LogP contribution in [0, 0.1) is 11.6 Å². The Morgan fingerprint density at radius 1 is 1.18 bits per heavy atom. The molecule has 1 aromatic carbocycles. The quantitative estimate of drug-likeness (QED) is 0.928. The number of nitrogens with two attached hydrogens (primary N) is 1. The molecule has 3 rings (SSSR count). The van der Waals surface area contributed by atoms with Gasteiger partial charge in [-0.2, -0.15) is 0 Å². The monoisotopic (exact) mass is 346 g/mol. The minimum Gasteiger partial charge on any atom is -0.375 e. The number of halogens is 3. The van der Waals surface area contributed by atoms with E-state index < -0.39 is 5.82 Å². The molecule has 2 aromatic rings. The topological polar surface area (TPSA) is 45.4 Å². The Labute approximate surface area is 138 Å². The van der Waals surface area contributed by atoms with Gasteiger partial charge in [0.25, 0.3) is 0 Å². The fourth-order valence-corrected chi connectivity index (χ4v) is 3.22. The number of piperazine rings is 1. The van der Waals surface area contributed by atoms with E-state index in [4.69, 9.17) is 5.73 Å². The van der Waals surface area contributed by atoms with Crippen LogP contribution < -0.4 is 10.6 Å². The Hall–Kier alpha value is -1.44. The smallest absolute Gasteiger partial charge is 0.180 e. The summed E-state index contributed by atoms with van der Waals surface area (Å²) in [4.78, 5) is 9.31. The summed E-state index contributed by atoms with van der Waals surface area (Å²) in [5.41, 5.74) is 5.96.